The van der Waals surface area contributed by atoms with E-state index in [2.05, 4.69) is 23.7 Å². The summed E-state index contributed by atoms with van der Waals surface area (Å²) in [6.45, 7) is 4.25. The van der Waals surface area contributed by atoms with Crippen LogP contribution >= 0.6 is 17.7 Å². The molecule has 0 aliphatic heterocycles. The van der Waals surface area contributed by atoms with E-state index in [1.54, 1.807) is 18.5 Å². The minimum Gasteiger partial charge on any atom is -0.552 e. The Morgan fingerprint density at radius 3 is 2.59 bits per heavy atom. The summed E-state index contributed by atoms with van der Waals surface area (Å²) in [6, 6.07) is 8.35. The monoisotopic (exact) mass is 568 g/mol. The van der Waals surface area contributed by atoms with Gasteiger partial charge in [-0.15, -0.1) is 11.4 Å². The van der Waals surface area contributed by atoms with Gasteiger partial charge in [0.05, 0.1) is 0 Å². The zero-order valence-electron chi connectivity index (χ0n) is 13.4. The molecule has 22 heavy (non-hydrogen) atoms. The maximum Gasteiger partial charge on any atom is 0.0467 e. The van der Waals surface area contributed by atoms with Gasteiger partial charge in [0.15, 0.2) is 0 Å². The first kappa shape index (κ1) is 22.8. The van der Waals surface area contributed by atoms with Crippen LogP contribution < -0.4 is 5.32 Å². The van der Waals surface area contributed by atoms with Crippen LogP contribution in [0.25, 0.3) is 0 Å². The molecule has 2 unspecified atom stereocenters. The molecule has 1 rings (SSSR count). The van der Waals surface area contributed by atoms with E-state index in [1.165, 1.54) is 17.7 Å². The van der Waals surface area contributed by atoms with Crippen molar-refractivity contribution in [3.8, 4) is 0 Å². The van der Waals surface area contributed by atoms with Gasteiger partial charge >= 0.3 is 0 Å². The Labute approximate surface area is 161 Å². The van der Waals surface area contributed by atoms with Gasteiger partial charge in [-0.3, -0.25) is 0 Å². The summed E-state index contributed by atoms with van der Waals surface area (Å²) in [7, 11) is 3.49. The Morgan fingerprint density at radius 1 is 1.41 bits per heavy atom. The van der Waals surface area contributed by atoms with Gasteiger partial charge in [-0.2, -0.15) is 6.61 Å². The van der Waals surface area contributed by atoms with Gasteiger partial charge in [0.2, 0.25) is 0 Å². The number of benzene rings is 1. The number of ether oxygens (including phenoxy) is 1. The van der Waals surface area contributed by atoms with Crippen LogP contribution in [0.1, 0.15) is 11.1 Å². The van der Waals surface area contributed by atoms with Crippen molar-refractivity contribution in [2.24, 2.45) is 0 Å². The molecule has 7 heteroatoms. The number of rotatable bonds is 10. The molecule has 0 bridgehead atoms. The van der Waals surface area contributed by atoms with Crippen molar-refractivity contribution >= 4 is 24.0 Å². The first-order valence-electron chi connectivity index (χ1n) is 6.74. The van der Waals surface area contributed by atoms with Crippen molar-refractivity contribution in [2.75, 3.05) is 27.4 Å². The second kappa shape index (κ2) is 12.2. The minimum absolute atomic E-state index is 0. The van der Waals surface area contributed by atoms with Crippen LogP contribution in [0.3, 0.4) is 0 Å². The SMILES string of the molecule is C=P(C)(OC([CH-]OC)CO)SCc1ccccc1CNC.[U]. The third-order valence-corrected chi connectivity index (χ3v) is 6.79. The molecular formula is C15H25NO3PSU-. The smallest absolute Gasteiger partial charge is 0.0467 e. The normalized spacial score (nSPS) is 14.9. The maximum absolute atomic E-state index is 9.26. The summed E-state index contributed by atoms with van der Waals surface area (Å²) in [5.74, 6) is 0.844. The van der Waals surface area contributed by atoms with Crippen LogP contribution in [0.5, 0.6) is 0 Å². The van der Waals surface area contributed by atoms with Crippen molar-refractivity contribution in [1.82, 2.24) is 5.32 Å². The molecule has 0 aliphatic carbocycles. The summed E-state index contributed by atoms with van der Waals surface area (Å²) in [5, 5.41) is 12.4. The molecule has 0 amide bonds. The Kier molecular flexibility index (Phi) is 12.6. The van der Waals surface area contributed by atoms with E-state index < -0.39 is 12.4 Å². The molecule has 1 aromatic rings. The number of aliphatic hydroxyl groups excluding tert-OH is 1. The first-order valence-corrected chi connectivity index (χ1v) is 10.7. The topological polar surface area (TPSA) is 50.7 Å². The molecule has 124 valence electrons. The fraction of sp³-hybridized carbons (Fsp3) is 0.467. The third-order valence-electron chi connectivity index (χ3n) is 2.80. The molecule has 2 atom stereocenters. The van der Waals surface area contributed by atoms with Crippen molar-refractivity contribution in [1.29, 1.82) is 0 Å². The van der Waals surface area contributed by atoms with Gasteiger partial charge in [-0.05, 0) is 38.1 Å². The molecule has 0 fully saturated rings. The number of aliphatic hydroxyl groups is 1. The number of hydrogen-bond donors (Lipinski definition) is 2. The molecule has 0 aliphatic rings. The predicted octanol–water partition coefficient (Wildman–Crippen LogP) is 2.73. The predicted molar refractivity (Wildman–Crippen MR) is 93.7 cm³/mol. The summed E-state index contributed by atoms with van der Waals surface area (Å²) in [4.78, 5) is 0. The van der Waals surface area contributed by atoms with Crippen molar-refractivity contribution in [2.45, 2.75) is 18.4 Å². The standard InChI is InChI=1S/C15H25NO3PS.U/c1-16-9-13-7-5-6-8-14(13)12-21-20(3,4)19-15(10-17)11-18-2;/h5-8,11,15-17H,3,9-10,12H2,1-2,4H3;/q-1;. The summed E-state index contributed by atoms with van der Waals surface area (Å²) in [5.41, 5.74) is 2.57. The fourth-order valence-corrected chi connectivity index (χ4v) is 5.03. The molecule has 2 N–H and O–H groups in total. The summed E-state index contributed by atoms with van der Waals surface area (Å²) >= 11 is 1.70. The molecule has 0 aromatic heterocycles. The van der Waals surface area contributed by atoms with Crippen LogP contribution in [0.15, 0.2) is 24.3 Å². The van der Waals surface area contributed by atoms with Crippen LogP contribution in [0.2, 0.25) is 0 Å². The minimum atomic E-state index is -1.87. The van der Waals surface area contributed by atoms with E-state index in [0.717, 1.165) is 12.3 Å². The molecule has 0 radical (unpaired) electrons. The fourth-order valence-electron chi connectivity index (χ4n) is 1.84. The van der Waals surface area contributed by atoms with Crippen LogP contribution in [0, 0.1) is 37.7 Å². The van der Waals surface area contributed by atoms with Gasteiger partial charge in [0.1, 0.15) is 0 Å². The third kappa shape index (κ3) is 8.57. The van der Waals surface area contributed by atoms with Crippen LogP contribution in [-0.2, 0) is 21.6 Å². The molecule has 0 saturated carbocycles. The number of methoxy groups -OCH3 is 1. The Hall–Kier alpha value is 0.762. The zero-order chi connectivity index (χ0) is 15.7. The average Bonchev–Trinajstić information content (AvgIpc) is 2.46. The van der Waals surface area contributed by atoms with Crippen molar-refractivity contribution < 1.29 is 45.5 Å². The first-order chi connectivity index (χ1) is 10.0. The Balaban J connectivity index is 0.00000441. The Morgan fingerprint density at radius 2 is 2.05 bits per heavy atom. The second-order valence-electron chi connectivity index (χ2n) is 4.78. The average molecular weight is 568 g/mol. The van der Waals surface area contributed by atoms with Gasteiger partial charge < -0.3 is 19.7 Å². The van der Waals surface area contributed by atoms with Gasteiger partial charge in [0.25, 0.3) is 0 Å². The molecule has 0 saturated heterocycles. The zero-order valence-corrected chi connectivity index (χ0v) is 19.3. The van der Waals surface area contributed by atoms with E-state index in [0.29, 0.717) is 0 Å². The van der Waals surface area contributed by atoms with E-state index >= 15 is 0 Å². The van der Waals surface area contributed by atoms with E-state index in [4.69, 9.17) is 9.26 Å². The number of nitrogens with one attached hydrogen (secondary N) is 1. The molecular weight excluding hydrogens is 543 g/mol. The van der Waals surface area contributed by atoms with Crippen molar-refractivity contribution in [3.05, 3.63) is 42.0 Å². The largest absolute Gasteiger partial charge is 0.552 e. The van der Waals surface area contributed by atoms with Crippen molar-refractivity contribution in [3.63, 3.8) is 0 Å². The molecule has 0 spiro atoms. The maximum atomic E-state index is 9.26. The summed E-state index contributed by atoms with van der Waals surface area (Å²) in [6.07, 6.45) is 1.88. The van der Waals surface area contributed by atoms with Gasteiger partial charge in [-0.25, -0.2) is 0 Å². The number of hydrogen-bond acceptors (Lipinski definition) is 5. The van der Waals surface area contributed by atoms with E-state index in [1.807, 2.05) is 25.8 Å². The van der Waals surface area contributed by atoms with Crippen LogP contribution in [-0.4, -0.2) is 44.9 Å². The molecule has 0 heterocycles. The molecule has 1 aromatic carbocycles. The van der Waals surface area contributed by atoms with E-state index in [-0.39, 0.29) is 37.7 Å². The molecule has 4 nitrogen and oxygen atoms in total. The quantitative estimate of drug-likeness (QED) is 0.336. The van der Waals surface area contributed by atoms with Crippen LogP contribution in [0.4, 0.5) is 0 Å². The van der Waals surface area contributed by atoms with E-state index in [9.17, 15) is 5.11 Å². The Bertz CT molecular complexity index is 476. The van der Waals surface area contributed by atoms with Gasteiger partial charge in [-0.1, -0.05) is 30.6 Å². The van der Waals surface area contributed by atoms with Gasteiger partial charge in [0, 0.05) is 56.3 Å². The second-order valence-corrected chi connectivity index (χ2v) is 10.7. The summed E-state index contributed by atoms with van der Waals surface area (Å²) < 4.78 is 10.8.